The number of nitrogens with zero attached hydrogens (tertiary/aromatic N) is 1. The third kappa shape index (κ3) is 5.67. The fourth-order valence-corrected chi connectivity index (χ4v) is 3.19. The fraction of sp³-hybridized carbons (Fsp3) is 0.562. The zero-order valence-corrected chi connectivity index (χ0v) is 14.7. The molecule has 1 fully saturated rings. The Morgan fingerprint density at radius 3 is 2.62 bits per heavy atom. The molecule has 8 heteroatoms. The van der Waals surface area contributed by atoms with Crippen molar-refractivity contribution in [2.75, 3.05) is 36.5 Å². The summed E-state index contributed by atoms with van der Waals surface area (Å²) < 4.78 is 40.5. The summed E-state index contributed by atoms with van der Waals surface area (Å²) in [5.41, 5.74) is 1.88. The lowest BCUT2D eigenvalue weighted by atomic mass is 10.1. The number of anilines is 1. The highest BCUT2D eigenvalue weighted by molar-refractivity contribution is 7.90. The highest BCUT2D eigenvalue weighted by Crippen LogP contribution is 2.25. The van der Waals surface area contributed by atoms with Gasteiger partial charge in [-0.25, -0.2) is 17.6 Å². The van der Waals surface area contributed by atoms with Crippen LogP contribution in [0.3, 0.4) is 0 Å². The van der Waals surface area contributed by atoms with Crippen LogP contribution >= 0.6 is 0 Å². The Kier molecular flexibility index (Phi) is 6.04. The van der Waals surface area contributed by atoms with Crippen molar-refractivity contribution in [2.24, 2.45) is 0 Å². The van der Waals surface area contributed by atoms with Crippen LogP contribution in [0, 0.1) is 12.7 Å². The van der Waals surface area contributed by atoms with Gasteiger partial charge in [0.1, 0.15) is 21.8 Å². The van der Waals surface area contributed by atoms with Crippen LogP contribution < -0.4 is 10.2 Å². The molecule has 1 heterocycles. The van der Waals surface area contributed by atoms with Crippen molar-refractivity contribution in [1.29, 1.82) is 0 Å². The van der Waals surface area contributed by atoms with Gasteiger partial charge in [0, 0.05) is 44.4 Å². The first-order chi connectivity index (χ1) is 11.2. The number of carbonyl (C=O) groups excluding carboxylic acids is 1. The topological polar surface area (TPSA) is 75.7 Å². The quantitative estimate of drug-likeness (QED) is 0.870. The molecule has 2 rings (SSSR count). The van der Waals surface area contributed by atoms with E-state index in [-0.39, 0.29) is 24.2 Å². The lowest BCUT2D eigenvalue weighted by molar-refractivity contribution is 0.0837. The summed E-state index contributed by atoms with van der Waals surface area (Å²) in [6.07, 6.45) is 1.69. The van der Waals surface area contributed by atoms with Crippen molar-refractivity contribution >= 4 is 21.6 Å². The van der Waals surface area contributed by atoms with Crippen LogP contribution in [0.25, 0.3) is 0 Å². The maximum Gasteiger partial charge on any atom is 0.407 e. The minimum Gasteiger partial charge on any atom is -0.446 e. The van der Waals surface area contributed by atoms with E-state index in [0.717, 1.165) is 17.5 Å². The Hall–Kier alpha value is -1.83. The van der Waals surface area contributed by atoms with Gasteiger partial charge in [0.2, 0.25) is 0 Å². The summed E-state index contributed by atoms with van der Waals surface area (Å²) in [4.78, 5) is 13.8. The Morgan fingerprint density at radius 2 is 2.04 bits per heavy atom. The van der Waals surface area contributed by atoms with Gasteiger partial charge in [0.15, 0.2) is 0 Å². The number of rotatable bonds is 5. The molecular weight excluding hydrogens is 335 g/mol. The molecule has 0 radical (unpaired) electrons. The number of benzene rings is 1. The van der Waals surface area contributed by atoms with Crippen molar-refractivity contribution in [2.45, 2.75) is 25.9 Å². The Balaban J connectivity index is 1.77. The maximum atomic E-state index is 13.2. The minimum absolute atomic E-state index is 0.0469. The van der Waals surface area contributed by atoms with E-state index in [2.05, 4.69) is 10.2 Å². The molecule has 0 aliphatic carbocycles. The van der Waals surface area contributed by atoms with E-state index >= 15 is 0 Å². The molecule has 1 aliphatic heterocycles. The Labute approximate surface area is 141 Å². The zero-order chi connectivity index (χ0) is 17.7. The molecular formula is C16H23FN2O4S. The molecule has 0 aromatic heterocycles. The number of hydrogen-bond donors (Lipinski definition) is 1. The van der Waals surface area contributed by atoms with Crippen LogP contribution in [0.15, 0.2) is 18.2 Å². The zero-order valence-electron chi connectivity index (χ0n) is 13.9. The van der Waals surface area contributed by atoms with E-state index in [1.807, 2.05) is 6.92 Å². The first-order valence-electron chi connectivity index (χ1n) is 7.88. The van der Waals surface area contributed by atoms with E-state index in [1.165, 1.54) is 12.1 Å². The van der Waals surface area contributed by atoms with Gasteiger partial charge in [-0.2, -0.15) is 0 Å². The molecule has 1 amide bonds. The van der Waals surface area contributed by atoms with E-state index < -0.39 is 15.9 Å². The van der Waals surface area contributed by atoms with Crippen LogP contribution in [0.1, 0.15) is 18.4 Å². The number of aryl methyl sites for hydroxylation is 1. The van der Waals surface area contributed by atoms with Crippen molar-refractivity contribution in [3.63, 3.8) is 0 Å². The van der Waals surface area contributed by atoms with Crippen LogP contribution in [0.2, 0.25) is 0 Å². The normalized spacial score (nSPS) is 16.0. The molecule has 6 nitrogen and oxygen atoms in total. The lowest BCUT2D eigenvalue weighted by Gasteiger charge is -2.34. The third-order valence-electron chi connectivity index (χ3n) is 3.96. The van der Waals surface area contributed by atoms with Gasteiger partial charge in [-0.3, -0.25) is 0 Å². The van der Waals surface area contributed by atoms with Gasteiger partial charge in [0.05, 0.1) is 5.75 Å². The molecule has 1 saturated heterocycles. The van der Waals surface area contributed by atoms with Crippen LogP contribution in [-0.4, -0.2) is 52.3 Å². The van der Waals surface area contributed by atoms with E-state index in [0.29, 0.717) is 25.9 Å². The van der Waals surface area contributed by atoms with Crippen molar-refractivity contribution in [3.05, 3.63) is 29.6 Å². The maximum absolute atomic E-state index is 13.2. The monoisotopic (exact) mass is 358 g/mol. The summed E-state index contributed by atoms with van der Waals surface area (Å²) in [5.74, 6) is -0.357. The highest BCUT2D eigenvalue weighted by Gasteiger charge is 2.23. The molecule has 0 bridgehead atoms. The average molecular weight is 358 g/mol. The molecule has 1 aromatic rings. The summed E-state index contributed by atoms with van der Waals surface area (Å²) >= 11 is 0. The first kappa shape index (κ1) is 18.5. The number of ether oxygens (including phenoxy) is 1. The summed E-state index contributed by atoms with van der Waals surface area (Å²) in [5, 5.41) is 2.45. The fourth-order valence-electron chi connectivity index (χ4n) is 2.72. The molecule has 1 aromatic carbocycles. The standard InChI is InChI=1S/C16H23FN2O4S/c1-12-11-13(17)3-4-15(12)19-8-5-14(6-9-19)23-16(20)18-7-10-24(2,21)22/h3-4,11,14H,5-10H2,1-2H3,(H,18,20). The highest BCUT2D eigenvalue weighted by atomic mass is 32.2. The molecule has 0 atom stereocenters. The lowest BCUT2D eigenvalue weighted by Crippen LogP contribution is -2.40. The number of amides is 1. The van der Waals surface area contributed by atoms with Crippen molar-refractivity contribution < 1.29 is 22.3 Å². The number of sulfone groups is 1. The minimum atomic E-state index is -3.10. The number of carbonyl (C=O) groups is 1. The predicted octanol–water partition coefficient (Wildman–Crippen LogP) is 1.87. The summed E-state index contributed by atoms with van der Waals surface area (Å²) in [7, 11) is -3.10. The predicted molar refractivity (Wildman–Crippen MR) is 90.6 cm³/mol. The second-order valence-electron chi connectivity index (χ2n) is 6.08. The van der Waals surface area contributed by atoms with Crippen LogP contribution in [-0.2, 0) is 14.6 Å². The number of hydrogen-bond acceptors (Lipinski definition) is 5. The van der Waals surface area contributed by atoms with Gasteiger partial charge in [-0.1, -0.05) is 0 Å². The van der Waals surface area contributed by atoms with E-state index in [4.69, 9.17) is 4.74 Å². The Morgan fingerprint density at radius 1 is 1.38 bits per heavy atom. The number of halogens is 1. The summed E-state index contributed by atoms with van der Waals surface area (Å²) in [6.45, 7) is 3.35. The van der Waals surface area contributed by atoms with Crippen LogP contribution in [0.4, 0.5) is 14.9 Å². The smallest absolute Gasteiger partial charge is 0.407 e. The SMILES string of the molecule is Cc1cc(F)ccc1N1CCC(OC(=O)NCCS(C)(=O)=O)CC1. The molecule has 1 aliphatic rings. The van der Waals surface area contributed by atoms with Gasteiger partial charge >= 0.3 is 6.09 Å². The first-order valence-corrected chi connectivity index (χ1v) is 9.94. The molecule has 0 unspecified atom stereocenters. The molecule has 0 spiro atoms. The molecule has 24 heavy (non-hydrogen) atoms. The van der Waals surface area contributed by atoms with Gasteiger partial charge < -0.3 is 15.0 Å². The third-order valence-corrected chi connectivity index (χ3v) is 4.90. The molecule has 0 saturated carbocycles. The second-order valence-corrected chi connectivity index (χ2v) is 8.34. The van der Waals surface area contributed by atoms with Crippen LogP contribution in [0.5, 0.6) is 0 Å². The average Bonchev–Trinajstić information content (AvgIpc) is 2.47. The van der Waals surface area contributed by atoms with Crippen molar-refractivity contribution in [3.8, 4) is 0 Å². The Bertz CT molecular complexity index is 685. The largest absolute Gasteiger partial charge is 0.446 e. The van der Waals surface area contributed by atoms with Gasteiger partial charge in [-0.15, -0.1) is 0 Å². The van der Waals surface area contributed by atoms with Crippen molar-refractivity contribution in [1.82, 2.24) is 5.32 Å². The van der Waals surface area contributed by atoms with E-state index in [9.17, 15) is 17.6 Å². The van der Waals surface area contributed by atoms with Gasteiger partial charge in [-0.05, 0) is 30.7 Å². The molecule has 1 N–H and O–H groups in total. The number of piperidine rings is 1. The number of nitrogens with one attached hydrogen (secondary N) is 1. The van der Waals surface area contributed by atoms with E-state index in [1.54, 1.807) is 6.07 Å². The number of alkyl carbamates (subject to hydrolysis) is 1. The summed E-state index contributed by atoms with van der Waals surface area (Å²) in [6, 6.07) is 4.72. The van der Waals surface area contributed by atoms with Gasteiger partial charge in [0.25, 0.3) is 0 Å². The second kappa shape index (κ2) is 7.83. The molecule has 134 valence electrons.